The fraction of sp³-hybridized carbons (Fsp3) is 0.467. The molecule has 1 aromatic rings. The fourth-order valence-electron chi connectivity index (χ4n) is 2.89. The van der Waals surface area contributed by atoms with Crippen molar-refractivity contribution in [3.05, 3.63) is 28.2 Å². The van der Waals surface area contributed by atoms with Crippen LogP contribution in [0, 0.1) is 5.41 Å². The first-order chi connectivity index (χ1) is 10.0. The van der Waals surface area contributed by atoms with Crippen LogP contribution in [0.2, 0.25) is 0 Å². The van der Waals surface area contributed by atoms with Crippen LogP contribution in [-0.4, -0.2) is 17.0 Å². The predicted molar refractivity (Wildman–Crippen MR) is 86.5 cm³/mol. The Hall–Kier alpha value is -1.56. The molecule has 0 aliphatic heterocycles. The van der Waals surface area contributed by atoms with Crippen molar-refractivity contribution in [1.29, 1.82) is 0 Å². The zero-order chi connectivity index (χ0) is 15.5. The van der Waals surface area contributed by atoms with Gasteiger partial charge in [-0.2, -0.15) is 0 Å². The minimum atomic E-state index is -0.882. The standard InChI is InChI=1S/C15H20BrN3O2/c1-2-10-9-11(16)5-6-12(10)18-14(20)15(13(17)19-21)7-3-4-8-15/h5-6,9,21H,2-4,7-8H2,1H3,(H2,17,19)(H,18,20). The number of amidine groups is 1. The summed E-state index contributed by atoms with van der Waals surface area (Å²) in [7, 11) is 0. The highest BCUT2D eigenvalue weighted by atomic mass is 79.9. The molecule has 0 heterocycles. The molecule has 0 radical (unpaired) electrons. The van der Waals surface area contributed by atoms with E-state index in [-0.39, 0.29) is 11.7 Å². The molecule has 5 nitrogen and oxygen atoms in total. The molecule has 0 bridgehead atoms. The van der Waals surface area contributed by atoms with Crippen LogP contribution in [-0.2, 0) is 11.2 Å². The molecule has 0 aromatic heterocycles. The third-order valence-corrected chi connectivity index (χ3v) is 4.68. The number of oxime groups is 1. The maximum atomic E-state index is 12.7. The number of carbonyl (C=O) groups excluding carboxylic acids is 1. The Balaban J connectivity index is 2.28. The highest BCUT2D eigenvalue weighted by molar-refractivity contribution is 9.10. The van der Waals surface area contributed by atoms with Gasteiger partial charge in [-0.15, -0.1) is 0 Å². The van der Waals surface area contributed by atoms with Gasteiger partial charge in [0.15, 0.2) is 5.84 Å². The van der Waals surface area contributed by atoms with Gasteiger partial charge >= 0.3 is 0 Å². The van der Waals surface area contributed by atoms with E-state index in [0.29, 0.717) is 12.8 Å². The van der Waals surface area contributed by atoms with Crippen molar-refractivity contribution in [1.82, 2.24) is 0 Å². The number of benzene rings is 1. The SMILES string of the molecule is CCc1cc(Br)ccc1NC(=O)C1(/C(N)=N/O)CCCC1. The summed E-state index contributed by atoms with van der Waals surface area (Å²) >= 11 is 3.43. The first-order valence-corrected chi connectivity index (χ1v) is 7.90. The molecule has 1 saturated carbocycles. The fourth-order valence-corrected chi connectivity index (χ4v) is 3.30. The summed E-state index contributed by atoms with van der Waals surface area (Å²) in [6, 6.07) is 5.75. The molecule has 6 heteroatoms. The normalized spacial score (nSPS) is 17.7. The van der Waals surface area contributed by atoms with E-state index in [4.69, 9.17) is 10.9 Å². The molecule has 1 aliphatic carbocycles. The second-order valence-electron chi connectivity index (χ2n) is 5.38. The van der Waals surface area contributed by atoms with Gasteiger partial charge < -0.3 is 16.3 Å². The van der Waals surface area contributed by atoms with Crippen LogP contribution in [0.15, 0.2) is 27.8 Å². The molecular formula is C15H20BrN3O2. The second-order valence-corrected chi connectivity index (χ2v) is 6.30. The third kappa shape index (κ3) is 3.05. The van der Waals surface area contributed by atoms with Gasteiger partial charge in [0.25, 0.3) is 0 Å². The van der Waals surface area contributed by atoms with Crippen molar-refractivity contribution in [2.24, 2.45) is 16.3 Å². The molecule has 0 saturated heterocycles. The first kappa shape index (κ1) is 15.8. The van der Waals surface area contributed by atoms with E-state index in [1.807, 2.05) is 25.1 Å². The van der Waals surface area contributed by atoms with Crippen LogP contribution >= 0.6 is 15.9 Å². The molecule has 1 amide bonds. The van der Waals surface area contributed by atoms with Crippen LogP contribution in [0.25, 0.3) is 0 Å². The number of nitrogens with two attached hydrogens (primary N) is 1. The number of nitrogens with one attached hydrogen (secondary N) is 1. The van der Waals surface area contributed by atoms with Gasteiger partial charge in [-0.05, 0) is 43.0 Å². The smallest absolute Gasteiger partial charge is 0.238 e. The van der Waals surface area contributed by atoms with Crippen molar-refractivity contribution in [2.75, 3.05) is 5.32 Å². The third-order valence-electron chi connectivity index (χ3n) is 4.19. The Morgan fingerprint density at radius 2 is 2.14 bits per heavy atom. The highest BCUT2D eigenvalue weighted by Gasteiger charge is 2.45. The largest absolute Gasteiger partial charge is 0.409 e. The van der Waals surface area contributed by atoms with Gasteiger partial charge in [0.2, 0.25) is 5.91 Å². The topological polar surface area (TPSA) is 87.7 Å². The Kier molecular flexibility index (Phi) is 4.88. The molecule has 21 heavy (non-hydrogen) atoms. The number of hydrogen-bond donors (Lipinski definition) is 3. The lowest BCUT2D eigenvalue weighted by Crippen LogP contribution is -2.45. The molecule has 4 N–H and O–H groups in total. The van der Waals surface area contributed by atoms with E-state index in [0.717, 1.165) is 35.0 Å². The molecule has 1 fully saturated rings. The van der Waals surface area contributed by atoms with E-state index in [1.54, 1.807) is 0 Å². The van der Waals surface area contributed by atoms with Crippen molar-refractivity contribution in [2.45, 2.75) is 39.0 Å². The molecule has 0 unspecified atom stereocenters. The summed E-state index contributed by atoms with van der Waals surface area (Å²) in [4.78, 5) is 12.7. The van der Waals surface area contributed by atoms with E-state index >= 15 is 0 Å². The summed E-state index contributed by atoms with van der Waals surface area (Å²) < 4.78 is 0.976. The number of hydrogen-bond acceptors (Lipinski definition) is 3. The Bertz CT molecular complexity index is 566. The van der Waals surface area contributed by atoms with Gasteiger partial charge in [0.05, 0.1) is 0 Å². The van der Waals surface area contributed by atoms with Crippen LogP contribution < -0.4 is 11.1 Å². The number of anilines is 1. The van der Waals surface area contributed by atoms with Crippen molar-refractivity contribution in [3.63, 3.8) is 0 Å². The second kappa shape index (κ2) is 6.47. The summed E-state index contributed by atoms with van der Waals surface area (Å²) in [5.74, 6) is -0.181. The first-order valence-electron chi connectivity index (χ1n) is 7.11. The number of amides is 1. The lowest BCUT2D eigenvalue weighted by molar-refractivity contribution is -0.122. The zero-order valence-corrected chi connectivity index (χ0v) is 13.6. The van der Waals surface area contributed by atoms with Gasteiger partial charge in [-0.3, -0.25) is 4.79 Å². The summed E-state index contributed by atoms with van der Waals surface area (Å²) in [5.41, 5.74) is 6.74. The molecule has 114 valence electrons. The lowest BCUT2D eigenvalue weighted by Gasteiger charge is -2.26. The van der Waals surface area contributed by atoms with Crippen molar-refractivity contribution >= 4 is 33.4 Å². The molecule has 1 aromatic carbocycles. The molecular weight excluding hydrogens is 334 g/mol. The molecule has 0 atom stereocenters. The molecule has 1 aliphatic rings. The average molecular weight is 354 g/mol. The van der Waals surface area contributed by atoms with E-state index in [9.17, 15) is 4.79 Å². The maximum absolute atomic E-state index is 12.7. The van der Waals surface area contributed by atoms with Gasteiger partial charge in [0.1, 0.15) is 5.41 Å². The quantitative estimate of drug-likeness (QED) is 0.336. The number of halogens is 1. The zero-order valence-electron chi connectivity index (χ0n) is 12.0. The summed E-state index contributed by atoms with van der Waals surface area (Å²) in [6.07, 6.45) is 3.86. The predicted octanol–water partition coefficient (Wildman–Crippen LogP) is 3.26. The monoisotopic (exact) mass is 353 g/mol. The van der Waals surface area contributed by atoms with E-state index in [1.165, 1.54) is 0 Å². The Morgan fingerprint density at radius 3 is 2.71 bits per heavy atom. The van der Waals surface area contributed by atoms with Crippen molar-refractivity contribution in [3.8, 4) is 0 Å². The summed E-state index contributed by atoms with van der Waals surface area (Å²) in [6.45, 7) is 2.03. The Labute approximate surface area is 132 Å². The Morgan fingerprint density at radius 1 is 1.48 bits per heavy atom. The summed E-state index contributed by atoms with van der Waals surface area (Å²) in [5, 5.41) is 15.0. The van der Waals surface area contributed by atoms with E-state index < -0.39 is 5.41 Å². The van der Waals surface area contributed by atoms with Crippen LogP contribution in [0.5, 0.6) is 0 Å². The van der Waals surface area contributed by atoms with Gasteiger partial charge in [-0.1, -0.05) is 40.9 Å². The maximum Gasteiger partial charge on any atom is 0.238 e. The molecule has 0 spiro atoms. The number of aryl methyl sites for hydroxylation is 1. The lowest BCUT2D eigenvalue weighted by atomic mass is 9.83. The highest BCUT2D eigenvalue weighted by Crippen LogP contribution is 2.39. The van der Waals surface area contributed by atoms with Gasteiger partial charge in [-0.25, -0.2) is 0 Å². The number of nitrogens with zero attached hydrogens (tertiary/aromatic N) is 1. The van der Waals surface area contributed by atoms with Crippen LogP contribution in [0.4, 0.5) is 5.69 Å². The van der Waals surface area contributed by atoms with Crippen molar-refractivity contribution < 1.29 is 10.0 Å². The minimum absolute atomic E-state index is 0.00709. The van der Waals surface area contributed by atoms with Gasteiger partial charge in [0, 0.05) is 10.2 Å². The van der Waals surface area contributed by atoms with Crippen LogP contribution in [0.3, 0.4) is 0 Å². The average Bonchev–Trinajstić information content (AvgIpc) is 2.99. The minimum Gasteiger partial charge on any atom is -0.409 e. The number of rotatable bonds is 4. The number of carbonyl (C=O) groups is 1. The van der Waals surface area contributed by atoms with E-state index in [2.05, 4.69) is 26.4 Å². The molecule has 2 rings (SSSR count). The van der Waals surface area contributed by atoms with Crippen LogP contribution in [0.1, 0.15) is 38.2 Å².